The van der Waals surface area contributed by atoms with Crippen LogP contribution in [-0.4, -0.2) is 41.0 Å². The molecule has 4 N–H and O–H groups in total. The van der Waals surface area contributed by atoms with Crippen molar-refractivity contribution < 1.29 is 13.5 Å². The van der Waals surface area contributed by atoms with Gasteiger partial charge in [-0.15, -0.1) is 8.78 Å². The lowest BCUT2D eigenvalue weighted by atomic mass is 10.1. The second-order valence-electron chi connectivity index (χ2n) is 8.24. The zero-order valence-corrected chi connectivity index (χ0v) is 17.6. The van der Waals surface area contributed by atoms with Crippen LogP contribution in [0.1, 0.15) is 45.6 Å². The fourth-order valence-electron chi connectivity index (χ4n) is 3.22. The van der Waals surface area contributed by atoms with Gasteiger partial charge in [0.25, 0.3) is 0 Å². The predicted octanol–water partition coefficient (Wildman–Crippen LogP) is 3.11. The molecular weight excluding hydrogens is 402 g/mol. The first-order valence-corrected chi connectivity index (χ1v) is 9.96. The summed E-state index contributed by atoms with van der Waals surface area (Å²) in [5, 5.41) is 6.55. The number of benzene rings is 1. The van der Waals surface area contributed by atoms with Gasteiger partial charge < -0.3 is 15.0 Å². The van der Waals surface area contributed by atoms with Crippen molar-refractivity contribution in [1.29, 1.82) is 0 Å². The summed E-state index contributed by atoms with van der Waals surface area (Å²) in [7, 11) is 0. The number of alkyl halides is 3. The van der Waals surface area contributed by atoms with E-state index in [4.69, 9.17) is 17.3 Å². The summed E-state index contributed by atoms with van der Waals surface area (Å²) in [6.07, 6.45) is 3.34. The molecule has 0 aromatic heterocycles. The van der Waals surface area contributed by atoms with E-state index >= 15 is 0 Å². The molecule has 2 heterocycles. The molecule has 7 nitrogen and oxygen atoms in total. The number of piperidine rings is 1. The molecule has 1 saturated heterocycles. The number of rotatable bonds is 3. The van der Waals surface area contributed by atoms with E-state index in [-0.39, 0.29) is 11.3 Å². The highest BCUT2D eigenvalue weighted by Crippen LogP contribution is 2.29. The first-order chi connectivity index (χ1) is 13.4. The summed E-state index contributed by atoms with van der Waals surface area (Å²) < 4.78 is 30.1. The average molecular weight is 429 g/mol. The standard InChI is InChI=1S/C19H27ClF2N6O/c1-17(2,3)25-15-24-16(28-11-5-4-6-12-28)27-18(23,26-15)13-7-9-14(10-8-13)29-19(20,21)22/h7-10H,4-6,11-12,23H2,1-3H3,(H2,24,25,26,27). The summed E-state index contributed by atoms with van der Waals surface area (Å²) >= 11 is 4.82. The Kier molecular flexibility index (Phi) is 5.91. The zero-order chi connectivity index (χ0) is 21.3. The van der Waals surface area contributed by atoms with Crippen LogP contribution >= 0.6 is 11.6 Å². The highest BCUT2D eigenvalue weighted by atomic mass is 35.5. The molecule has 2 aliphatic heterocycles. The minimum Gasteiger partial charge on any atom is -0.420 e. The lowest BCUT2D eigenvalue weighted by Gasteiger charge is -2.37. The number of ether oxygens (including phenoxy) is 1. The molecule has 0 saturated carbocycles. The molecule has 1 atom stereocenters. The quantitative estimate of drug-likeness (QED) is 0.644. The summed E-state index contributed by atoms with van der Waals surface area (Å²) in [6, 6.07) is 5.84. The Labute approximate surface area is 174 Å². The second-order valence-corrected chi connectivity index (χ2v) is 8.68. The Balaban J connectivity index is 1.92. The first-order valence-electron chi connectivity index (χ1n) is 9.59. The van der Waals surface area contributed by atoms with Gasteiger partial charge in [-0.2, -0.15) is 0 Å². The average Bonchev–Trinajstić information content (AvgIpc) is 2.60. The highest BCUT2D eigenvalue weighted by molar-refractivity contribution is 6.20. The van der Waals surface area contributed by atoms with Crippen LogP contribution in [0, 0.1) is 0 Å². The minimum atomic E-state index is -3.78. The van der Waals surface area contributed by atoms with Gasteiger partial charge in [-0.3, -0.25) is 11.1 Å². The van der Waals surface area contributed by atoms with Crippen molar-refractivity contribution in [3.05, 3.63) is 29.8 Å². The van der Waals surface area contributed by atoms with Gasteiger partial charge in [0, 0.05) is 35.8 Å². The molecule has 0 amide bonds. The van der Waals surface area contributed by atoms with E-state index in [0.717, 1.165) is 25.9 Å². The van der Waals surface area contributed by atoms with E-state index in [0.29, 0.717) is 17.5 Å². The van der Waals surface area contributed by atoms with Gasteiger partial charge in [-0.05, 0) is 64.3 Å². The maximum atomic E-state index is 12.9. The van der Waals surface area contributed by atoms with Gasteiger partial charge in [0.15, 0.2) is 0 Å². The number of guanidine groups is 2. The van der Waals surface area contributed by atoms with Crippen molar-refractivity contribution in [2.75, 3.05) is 13.1 Å². The molecule has 0 bridgehead atoms. The van der Waals surface area contributed by atoms with Crippen molar-refractivity contribution in [3.8, 4) is 5.75 Å². The maximum absolute atomic E-state index is 12.9. The number of nitrogens with zero attached hydrogens (tertiary/aromatic N) is 3. The molecule has 1 unspecified atom stereocenters. The third kappa shape index (κ3) is 5.93. The number of likely N-dealkylation sites (tertiary alicyclic amines) is 1. The number of halogens is 3. The first kappa shape index (κ1) is 21.6. The lowest BCUT2D eigenvalue weighted by Crippen LogP contribution is -2.59. The Morgan fingerprint density at radius 3 is 2.31 bits per heavy atom. The monoisotopic (exact) mass is 428 g/mol. The fourth-order valence-corrected chi connectivity index (χ4v) is 3.31. The minimum absolute atomic E-state index is 0.0801. The molecule has 1 aromatic rings. The largest absolute Gasteiger partial charge is 0.487 e. The number of aliphatic imine (C=N–C) groups is 2. The number of nitrogens with one attached hydrogen (secondary N) is 2. The lowest BCUT2D eigenvalue weighted by molar-refractivity contribution is -0.0964. The van der Waals surface area contributed by atoms with Crippen molar-refractivity contribution in [3.63, 3.8) is 0 Å². The number of nitrogens with two attached hydrogens (primary N) is 1. The van der Waals surface area contributed by atoms with Gasteiger partial charge in [0.2, 0.25) is 17.7 Å². The van der Waals surface area contributed by atoms with E-state index in [1.54, 1.807) is 12.1 Å². The predicted molar refractivity (Wildman–Crippen MR) is 110 cm³/mol. The van der Waals surface area contributed by atoms with E-state index in [1.165, 1.54) is 18.6 Å². The van der Waals surface area contributed by atoms with Gasteiger partial charge in [0.05, 0.1) is 0 Å². The molecule has 1 aromatic carbocycles. The molecule has 10 heteroatoms. The molecule has 29 heavy (non-hydrogen) atoms. The highest BCUT2D eigenvalue weighted by Gasteiger charge is 2.35. The van der Waals surface area contributed by atoms with Crippen LogP contribution in [0.5, 0.6) is 5.75 Å². The third-order valence-corrected chi connectivity index (χ3v) is 4.53. The Morgan fingerprint density at radius 2 is 1.76 bits per heavy atom. The summed E-state index contributed by atoms with van der Waals surface area (Å²) in [5.41, 5.74) is 3.07. The maximum Gasteiger partial charge on any atom is 0.487 e. The van der Waals surface area contributed by atoms with E-state index < -0.39 is 11.4 Å². The molecule has 2 aliphatic rings. The molecule has 0 aliphatic carbocycles. The van der Waals surface area contributed by atoms with Crippen LogP contribution in [-0.2, 0) is 5.79 Å². The summed E-state index contributed by atoms with van der Waals surface area (Å²) in [6.45, 7) is 7.80. The van der Waals surface area contributed by atoms with Crippen molar-refractivity contribution in [2.45, 2.75) is 56.9 Å². The molecular formula is C19H27ClF2N6O. The van der Waals surface area contributed by atoms with E-state index in [1.807, 2.05) is 20.8 Å². The molecule has 160 valence electrons. The summed E-state index contributed by atoms with van der Waals surface area (Å²) in [5.74, 6) is -0.346. The molecule has 0 radical (unpaired) electrons. The van der Waals surface area contributed by atoms with Crippen molar-refractivity contribution in [1.82, 2.24) is 15.5 Å². The van der Waals surface area contributed by atoms with Gasteiger partial charge in [0.1, 0.15) is 5.75 Å². The zero-order valence-electron chi connectivity index (χ0n) is 16.8. The molecule has 3 rings (SSSR count). The van der Waals surface area contributed by atoms with Crippen molar-refractivity contribution >= 4 is 23.5 Å². The third-order valence-electron chi connectivity index (χ3n) is 4.45. The Morgan fingerprint density at radius 1 is 1.14 bits per heavy atom. The smallest absolute Gasteiger partial charge is 0.420 e. The Bertz CT molecular complexity index is 781. The van der Waals surface area contributed by atoms with Gasteiger partial charge >= 0.3 is 5.57 Å². The van der Waals surface area contributed by atoms with Gasteiger partial charge in [-0.1, -0.05) is 0 Å². The normalized spacial score (nSPS) is 23.1. The van der Waals surface area contributed by atoms with Crippen LogP contribution in [0.15, 0.2) is 34.3 Å². The van der Waals surface area contributed by atoms with Crippen LogP contribution in [0.4, 0.5) is 8.78 Å². The molecule has 1 fully saturated rings. The van der Waals surface area contributed by atoms with E-state index in [2.05, 4.69) is 30.3 Å². The second kappa shape index (κ2) is 7.95. The molecule has 0 spiro atoms. The van der Waals surface area contributed by atoms with Crippen LogP contribution in [0.3, 0.4) is 0 Å². The number of hydrogen-bond acceptors (Lipinski definition) is 7. The SMILES string of the molecule is CC(C)(C)NC1=NC(N)(c2ccc(OC(F)(F)Cl)cc2)N=C(N2CCCCC2)N1. The fraction of sp³-hybridized carbons (Fsp3) is 0.579. The van der Waals surface area contributed by atoms with Crippen molar-refractivity contribution in [2.24, 2.45) is 15.7 Å². The topological polar surface area (TPSA) is 87.3 Å². The van der Waals surface area contributed by atoms with Gasteiger partial charge in [-0.25, -0.2) is 9.98 Å². The van der Waals surface area contributed by atoms with Crippen LogP contribution < -0.4 is 21.1 Å². The van der Waals surface area contributed by atoms with Crippen LogP contribution in [0.2, 0.25) is 0 Å². The Hall–Kier alpha value is -2.13. The van der Waals surface area contributed by atoms with Crippen LogP contribution in [0.25, 0.3) is 0 Å². The number of hydrogen-bond donors (Lipinski definition) is 3. The summed E-state index contributed by atoms with van der Waals surface area (Å²) in [4.78, 5) is 11.4. The van der Waals surface area contributed by atoms with E-state index in [9.17, 15) is 8.78 Å².